The number of carbonyl (C=O) groups excluding carboxylic acids is 1. The zero-order valence-electron chi connectivity index (χ0n) is 21.0. The molecule has 3 N–H and O–H groups in total. The summed E-state index contributed by atoms with van der Waals surface area (Å²) in [6.45, 7) is 6.15. The van der Waals surface area contributed by atoms with Crippen LogP contribution in [-0.2, 0) is 11.3 Å². The molecule has 0 aliphatic carbocycles. The normalized spacial score (nSPS) is 16.4. The summed E-state index contributed by atoms with van der Waals surface area (Å²) in [6.07, 6.45) is 5.83. The van der Waals surface area contributed by atoms with Crippen molar-refractivity contribution in [3.63, 3.8) is 0 Å². The van der Waals surface area contributed by atoms with Crippen LogP contribution < -0.4 is 20.7 Å². The molecular weight excluding hydrogens is 452 g/mol. The topological polar surface area (TPSA) is 91.4 Å². The zero-order chi connectivity index (χ0) is 25.0. The molecule has 1 amide bonds. The highest BCUT2D eigenvalue weighted by molar-refractivity contribution is 5.75. The van der Waals surface area contributed by atoms with E-state index < -0.39 is 0 Å². The minimum Gasteiger partial charge on any atom is -0.491 e. The van der Waals surface area contributed by atoms with Gasteiger partial charge < -0.3 is 20.7 Å². The van der Waals surface area contributed by atoms with E-state index in [2.05, 4.69) is 49.9 Å². The van der Waals surface area contributed by atoms with Crippen LogP contribution in [0, 0.1) is 0 Å². The minimum atomic E-state index is 0.134. The van der Waals surface area contributed by atoms with E-state index in [-0.39, 0.29) is 5.91 Å². The summed E-state index contributed by atoms with van der Waals surface area (Å²) in [7, 11) is 0. The number of nitrogens with one attached hydrogen (secondary N) is 3. The predicted octanol–water partition coefficient (Wildman–Crippen LogP) is 5.24. The van der Waals surface area contributed by atoms with Crippen LogP contribution >= 0.6 is 0 Å². The Labute approximate surface area is 213 Å². The third-order valence-electron chi connectivity index (χ3n) is 6.15. The molecule has 0 fully saturated rings. The number of aromatic nitrogens is 2. The second kappa shape index (κ2) is 13.4. The first kappa shape index (κ1) is 25.4. The average Bonchev–Trinajstić information content (AvgIpc) is 2.88. The van der Waals surface area contributed by atoms with Gasteiger partial charge in [0.1, 0.15) is 23.7 Å². The number of amides is 1. The largest absolute Gasteiger partial charge is 0.491 e. The molecule has 0 saturated heterocycles. The van der Waals surface area contributed by atoms with Crippen molar-refractivity contribution in [1.82, 2.24) is 20.2 Å². The van der Waals surface area contributed by atoms with Crippen molar-refractivity contribution < 1.29 is 9.53 Å². The molecule has 4 rings (SSSR count). The van der Waals surface area contributed by atoms with Crippen LogP contribution in [0.1, 0.15) is 44.6 Å². The second-order valence-corrected chi connectivity index (χ2v) is 8.97. The molecule has 8 nitrogen and oxygen atoms in total. The molecule has 8 heteroatoms. The van der Waals surface area contributed by atoms with E-state index in [9.17, 15) is 4.79 Å². The molecule has 1 aliphatic heterocycles. The second-order valence-electron chi connectivity index (χ2n) is 8.97. The van der Waals surface area contributed by atoms with E-state index in [1.807, 2.05) is 42.5 Å². The van der Waals surface area contributed by atoms with Gasteiger partial charge in [0.15, 0.2) is 0 Å². The molecule has 190 valence electrons. The van der Waals surface area contributed by atoms with Gasteiger partial charge >= 0.3 is 0 Å². The fraction of sp³-hybridized carbons (Fsp3) is 0.393. The number of anilines is 4. The summed E-state index contributed by atoms with van der Waals surface area (Å²) in [5, 5.41) is 9.81. The SMILES string of the molecule is CCN1CCCC(=O)NCCCCCOc2ccccc2Nc2cc(ncn2)Nc2cccc(c2)C1. The van der Waals surface area contributed by atoms with E-state index in [0.717, 1.165) is 62.4 Å². The Kier molecular flexibility index (Phi) is 9.50. The molecule has 1 aromatic heterocycles. The van der Waals surface area contributed by atoms with Gasteiger partial charge in [0.25, 0.3) is 0 Å². The number of fused-ring (bicyclic) bond motifs is 5. The molecule has 0 saturated carbocycles. The molecule has 3 aromatic rings. The van der Waals surface area contributed by atoms with Gasteiger partial charge in [0, 0.05) is 31.3 Å². The standard InChI is InChI=1S/C28H36N6O2/c1-2-34-16-9-14-28(35)29-15-6-3-7-17-36-25-13-5-4-12-24(25)33-27-19-26(30-21-31-27)32-23-11-8-10-22(18-23)20-34/h4-5,8,10-13,18-19,21H,2-3,6-7,9,14-17,20H2,1H3,(H,29,35)(H2,30,31,32,33). The Balaban J connectivity index is 1.51. The van der Waals surface area contributed by atoms with Crippen LogP contribution in [0.5, 0.6) is 5.75 Å². The number of para-hydroxylation sites is 2. The summed E-state index contributed by atoms with van der Waals surface area (Å²) in [6, 6.07) is 18.1. The fourth-order valence-electron chi connectivity index (χ4n) is 4.20. The summed E-state index contributed by atoms with van der Waals surface area (Å²) in [4.78, 5) is 23.4. The highest BCUT2D eigenvalue weighted by atomic mass is 16.5. The van der Waals surface area contributed by atoms with Gasteiger partial charge in [-0.15, -0.1) is 0 Å². The van der Waals surface area contributed by atoms with E-state index in [1.54, 1.807) is 6.33 Å². The first-order valence-corrected chi connectivity index (χ1v) is 12.9. The Hall–Kier alpha value is -3.65. The van der Waals surface area contributed by atoms with Crippen molar-refractivity contribution >= 4 is 28.9 Å². The monoisotopic (exact) mass is 488 g/mol. The Morgan fingerprint density at radius 1 is 0.944 bits per heavy atom. The Bertz CT molecular complexity index is 1120. The summed E-state index contributed by atoms with van der Waals surface area (Å²) >= 11 is 0. The van der Waals surface area contributed by atoms with Gasteiger partial charge in [0.2, 0.25) is 5.91 Å². The summed E-state index contributed by atoms with van der Waals surface area (Å²) < 4.78 is 6.04. The molecular formula is C28H36N6O2. The van der Waals surface area contributed by atoms with E-state index in [1.165, 1.54) is 5.56 Å². The number of rotatable bonds is 1. The fourth-order valence-corrected chi connectivity index (χ4v) is 4.20. The van der Waals surface area contributed by atoms with Crippen LogP contribution in [0.25, 0.3) is 0 Å². The number of ether oxygens (including phenoxy) is 1. The van der Waals surface area contributed by atoms with Gasteiger partial charge in [-0.05, 0) is 68.6 Å². The molecule has 0 radical (unpaired) electrons. The minimum absolute atomic E-state index is 0.134. The van der Waals surface area contributed by atoms with Crippen molar-refractivity contribution in [1.29, 1.82) is 0 Å². The van der Waals surface area contributed by atoms with Gasteiger partial charge in [-0.1, -0.05) is 31.2 Å². The van der Waals surface area contributed by atoms with Crippen LogP contribution in [0.2, 0.25) is 0 Å². The third kappa shape index (κ3) is 7.95. The molecule has 0 spiro atoms. The molecule has 4 bridgehead atoms. The van der Waals surface area contributed by atoms with Crippen LogP contribution in [0.15, 0.2) is 60.9 Å². The molecule has 0 unspecified atom stereocenters. The maximum atomic E-state index is 12.2. The molecule has 1 aliphatic rings. The van der Waals surface area contributed by atoms with Gasteiger partial charge in [-0.25, -0.2) is 9.97 Å². The van der Waals surface area contributed by atoms with Crippen molar-refractivity contribution in [2.75, 3.05) is 36.9 Å². The Morgan fingerprint density at radius 3 is 2.69 bits per heavy atom. The van der Waals surface area contributed by atoms with Crippen LogP contribution in [0.3, 0.4) is 0 Å². The molecule has 0 atom stereocenters. The van der Waals surface area contributed by atoms with Crippen LogP contribution in [-0.4, -0.2) is 47.0 Å². The number of nitrogens with zero attached hydrogens (tertiary/aromatic N) is 3. The van der Waals surface area contributed by atoms with Gasteiger partial charge in [-0.2, -0.15) is 0 Å². The lowest BCUT2D eigenvalue weighted by Gasteiger charge is -2.21. The molecule has 2 heterocycles. The maximum Gasteiger partial charge on any atom is 0.220 e. The van der Waals surface area contributed by atoms with Crippen molar-refractivity contribution in [2.45, 2.75) is 45.6 Å². The number of benzene rings is 2. The number of hydrogen-bond acceptors (Lipinski definition) is 7. The van der Waals surface area contributed by atoms with Gasteiger partial charge in [-0.3, -0.25) is 9.69 Å². The smallest absolute Gasteiger partial charge is 0.220 e. The highest BCUT2D eigenvalue weighted by Gasteiger charge is 2.09. The lowest BCUT2D eigenvalue weighted by molar-refractivity contribution is -0.121. The third-order valence-corrected chi connectivity index (χ3v) is 6.15. The molecule has 2 aromatic carbocycles. The summed E-state index contributed by atoms with van der Waals surface area (Å²) in [5.41, 5.74) is 3.03. The zero-order valence-corrected chi connectivity index (χ0v) is 21.0. The first-order chi connectivity index (χ1) is 17.7. The van der Waals surface area contributed by atoms with Crippen molar-refractivity contribution in [3.8, 4) is 5.75 Å². The number of hydrogen-bond donors (Lipinski definition) is 3. The van der Waals surface area contributed by atoms with Crippen LogP contribution in [0.4, 0.5) is 23.0 Å². The summed E-state index contributed by atoms with van der Waals surface area (Å²) in [5.74, 6) is 2.31. The number of carbonyl (C=O) groups is 1. The Morgan fingerprint density at radius 2 is 1.81 bits per heavy atom. The average molecular weight is 489 g/mol. The maximum absolute atomic E-state index is 12.2. The van der Waals surface area contributed by atoms with Crippen molar-refractivity contribution in [2.24, 2.45) is 0 Å². The molecule has 36 heavy (non-hydrogen) atoms. The highest BCUT2D eigenvalue weighted by Crippen LogP contribution is 2.28. The van der Waals surface area contributed by atoms with E-state index >= 15 is 0 Å². The lowest BCUT2D eigenvalue weighted by atomic mass is 10.1. The predicted molar refractivity (Wildman–Crippen MR) is 144 cm³/mol. The van der Waals surface area contributed by atoms with E-state index in [0.29, 0.717) is 31.2 Å². The van der Waals surface area contributed by atoms with Crippen molar-refractivity contribution in [3.05, 3.63) is 66.5 Å². The quantitative estimate of drug-likeness (QED) is 0.431. The lowest BCUT2D eigenvalue weighted by Crippen LogP contribution is -2.28. The van der Waals surface area contributed by atoms with Gasteiger partial charge in [0.05, 0.1) is 12.3 Å². The van der Waals surface area contributed by atoms with E-state index in [4.69, 9.17) is 4.74 Å². The first-order valence-electron chi connectivity index (χ1n) is 12.9.